The highest BCUT2D eigenvalue weighted by Crippen LogP contribution is 2.37. The second kappa shape index (κ2) is 5.55. The molecule has 0 saturated heterocycles. The molecule has 0 aromatic heterocycles. The molecule has 8 nitrogen and oxygen atoms in total. The third kappa shape index (κ3) is 6.56. The first-order valence-electron chi connectivity index (χ1n) is 4.09. The lowest BCUT2D eigenvalue weighted by atomic mass is 10.2. The summed E-state index contributed by atoms with van der Waals surface area (Å²) in [5.74, 6) is -0.883. The van der Waals surface area contributed by atoms with Crippen molar-refractivity contribution in [3.8, 4) is 0 Å². The first-order valence-corrected chi connectivity index (χ1v) is 5.62. The van der Waals surface area contributed by atoms with Gasteiger partial charge in [0.25, 0.3) is 0 Å². The van der Waals surface area contributed by atoms with Crippen molar-refractivity contribution in [1.82, 2.24) is 0 Å². The first-order chi connectivity index (χ1) is 6.63. The van der Waals surface area contributed by atoms with Crippen LogP contribution in [0.25, 0.3) is 0 Å². The fraction of sp³-hybridized carbons (Fsp3) is 0.833. The van der Waals surface area contributed by atoms with Crippen LogP contribution >= 0.6 is 7.82 Å². The third-order valence-electron chi connectivity index (χ3n) is 1.38. The molecule has 0 aliphatic rings. The molecule has 0 aliphatic heterocycles. The summed E-state index contributed by atoms with van der Waals surface area (Å²) >= 11 is 0. The van der Waals surface area contributed by atoms with E-state index in [0.29, 0.717) is 0 Å². The van der Waals surface area contributed by atoms with Gasteiger partial charge < -0.3 is 20.3 Å². The highest BCUT2D eigenvalue weighted by Gasteiger charge is 2.29. The lowest BCUT2D eigenvalue weighted by molar-refractivity contribution is -0.151. The summed E-state index contributed by atoms with van der Waals surface area (Å²) < 4.78 is 19.2. The maximum atomic E-state index is 11.1. The minimum atomic E-state index is -4.67. The summed E-state index contributed by atoms with van der Waals surface area (Å²) in [5, 5.41) is 0. The van der Waals surface area contributed by atoms with E-state index in [1.807, 2.05) is 0 Å². The van der Waals surface area contributed by atoms with Gasteiger partial charge in [-0.05, 0) is 13.8 Å². The Balaban J connectivity index is 4.26. The molecule has 1 unspecified atom stereocenters. The number of rotatable bonds is 5. The average molecular weight is 242 g/mol. The summed E-state index contributed by atoms with van der Waals surface area (Å²) in [7, 11) is -4.67. The molecule has 0 aromatic rings. The van der Waals surface area contributed by atoms with E-state index in [9.17, 15) is 9.36 Å². The molecule has 0 aromatic carbocycles. The van der Waals surface area contributed by atoms with Crippen LogP contribution in [0.4, 0.5) is 0 Å². The maximum Gasteiger partial charge on any atom is 0.469 e. The number of carbonyl (C=O) groups excluding carboxylic acids is 1. The van der Waals surface area contributed by atoms with E-state index in [4.69, 9.17) is 21.3 Å². The molecule has 9 heteroatoms. The number of phosphoric ester groups is 1. The molecular formula is C6H15N2O6P. The average Bonchev–Trinajstić information content (AvgIpc) is 1.98. The van der Waals surface area contributed by atoms with Crippen molar-refractivity contribution in [2.75, 3.05) is 0 Å². The fourth-order valence-corrected chi connectivity index (χ4v) is 1.30. The summed E-state index contributed by atoms with van der Waals surface area (Å²) in [6.07, 6.45) is -2.01. The van der Waals surface area contributed by atoms with Crippen molar-refractivity contribution in [1.29, 1.82) is 0 Å². The predicted molar refractivity (Wildman–Crippen MR) is 50.3 cm³/mol. The zero-order valence-electron chi connectivity index (χ0n) is 8.36. The Bertz CT molecular complexity index is 264. The lowest BCUT2D eigenvalue weighted by Crippen LogP contribution is -2.44. The van der Waals surface area contributed by atoms with E-state index in [0.717, 1.165) is 0 Å². The van der Waals surface area contributed by atoms with Crippen molar-refractivity contribution < 1.29 is 28.4 Å². The fourth-order valence-electron chi connectivity index (χ4n) is 0.736. The van der Waals surface area contributed by atoms with Crippen molar-refractivity contribution in [2.24, 2.45) is 11.5 Å². The molecule has 90 valence electrons. The van der Waals surface area contributed by atoms with Gasteiger partial charge in [-0.15, -0.1) is 0 Å². The van der Waals surface area contributed by atoms with E-state index in [2.05, 4.69) is 9.26 Å². The standard InChI is InChI=1S/C6H15N2O6P/c1-3(14-15(10,11)12)5(8)6(9)13-4(2)7/h3-5H,7-8H2,1-2H3,(H2,10,11,12)/t3-,4?,5+/m1/s1. The van der Waals surface area contributed by atoms with Crippen LogP contribution in [-0.2, 0) is 18.6 Å². The minimum absolute atomic E-state index is 0.842. The van der Waals surface area contributed by atoms with Crippen LogP contribution in [0.15, 0.2) is 0 Å². The topological polar surface area (TPSA) is 145 Å². The number of esters is 1. The van der Waals surface area contributed by atoms with E-state index < -0.39 is 32.2 Å². The summed E-state index contributed by atoms with van der Waals surface area (Å²) in [6.45, 7) is 2.66. The maximum absolute atomic E-state index is 11.1. The Hall–Kier alpha value is -0.500. The second-order valence-electron chi connectivity index (χ2n) is 2.97. The third-order valence-corrected chi connectivity index (χ3v) is 1.99. The van der Waals surface area contributed by atoms with Crippen LogP contribution in [-0.4, -0.2) is 34.1 Å². The van der Waals surface area contributed by atoms with Crippen LogP contribution in [0.2, 0.25) is 0 Å². The highest BCUT2D eigenvalue weighted by molar-refractivity contribution is 7.46. The second-order valence-corrected chi connectivity index (χ2v) is 4.16. The van der Waals surface area contributed by atoms with Gasteiger partial charge >= 0.3 is 13.8 Å². The van der Waals surface area contributed by atoms with Gasteiger partial charge in [-0.3, -0.25) is 15.1 Å². The van der Waals surface area contributed by atoms with E-state index in [1.165, 1.54) is 13.8 Å². The number of ether oxygens (including phenoxy) is 1. The van der Waals surface area contributed by atoms with Gasteiger partial charge in [-0.25, -0.2) is 4.57 Å². The minimum Gasteiger partial charge on any atom is -0.446 e. The lowest BCUT2D eigenvalue weighted by Gasteiger charge is -2.20. The summed E-state index contributed by atoms with van der Waals surface area (Å²) in [4.78, 5) is 28.0. The van der Waals surface area contributed by atoms with Crippen LogP contribution in [0.1, 0.15) is 13.8 Å². The van der Waals surface area contributed by atoms with E-state index in [-0.39, 0.29) is 0 Å². The Labute approximate surface area is 86.8 Å². The first kappa shape index (κ1) is 14.5. The molecule has 0 bridgehead atoms. The van der Waals surface area contributed by atoms with Crippen molar-refractivity contribution in [2.45, 2.75) is 32.2 Å². The number of phosphoric acid groups is 1. The molecule has 0 rings (SSSR count). The molecule has 0 aliphatic carbocycles. The summed E-state index contributed by atoms with van der Waals surface area (Å²) in [5.41, 5.74) is 10.5. The van der Waals surface area contributed by atoms with Gasteiger partial charge in [0.2, 0.25) is 0 Å². The van der Waals surface area contributed by atoms with Crippen molar-refractivity contribution >= 4 is 13.8 Å². The Morgan fingerprint density at radius 2 is 1.80 bits per heavy atom. The Kier molecular flexibility index (Phi) is 5.36. The molecule has 0 heterocycles. The van der Waals surface area contributed by atoms with Gasteiger partial charge in [0.05, 0.1) is 6.10 Å². The van der Waals surface area contributed by atoms with Crippen LogP contribution in [0, 0.1) is 0 Å². The number of carbonyl (C=O) groups is 1. The molecule has 0 amide bonds. The van der Waals surface area contributed by atoms with Crippen LogP contribution < -0.4 is 11.5 Å². The molecule has 0 fully saturated rings. The Morgan fingerprint density at radius 3 is 2.13 bits per heavy atom. The Morgan fingerprint density at radius 1 is 1.33 bits per heavy atom. The summed E-state index contributed by atoms with van der Waals surface area (Å²) in [6, 6.07) is -1.30. The van der Waals surface area contributed by atoms with Crippen molar-refractivity contribution in [3.05, 3.63) is 0 Å². The predicted octanol–water partition coefficient (Wildman–Crippen LogP) is -1.34. The molecule has 15 heavy (non-hydrogen) atoms. The number of hydrogen-bond acceptors (Lipinski definition) is 6. The molecule has 6 N–H and O–H groups in total. The van der Waals surface area contributed by atoms with Gasteiger partial charge in [0.15, 0.2) is 0 Å². The van der Waals surface area contributed by atoms with Gasteiger partial charge in [0.1, 0.15) is 12.3 Å². The molecule has 0 saturated carbocycles. The van der Waals surface area contributed by atoms with Gasteiger partial charge in [0, 0.05) is 0 Å². The molecule has 0 spiro atoms. The van der Waals surface area contributed by atoms with E-state index >= 15 is 0 Å². The molecular weight excluding hydrogens is 227 g/mol. The van der Waals surface area contributed by atoms with Crippen molar-refractivity contribution in [3.63, 3.8) is 0 Å². The van der Waals surface area contributed by atoms with Gasteiger partial charge in [-0.2, -0.15) is 0 Å². The van der Waals surface area contributed by atoms with E-state index in [1.54, 1.807) is 0 Å². The highest BCUT2D eigenvalue weighted by atomic mass is 31.2. The van der Waals surface area contributed by atoms with Gasteiger partial charge in [-0.1, -0.05) is 0 Å². The smallest absolute Gasteiger partial charge is 0.446 e. The zero-order valence-corrected chi connectivity index (χ0v) is 9.26. The monoisotopic (exact) mass is 242 g/mol. The SMILES string of the molecule is CC(N)OC(=O)[C@@H](N)[C@@H](C)OP(=O)(O)O. The largest absolute Gasteiger partial charge is 0.469 e. The van der Waals surface area contributed by atoms with Crippen LogP contribution in [0.5, 0.6) is 0 Å². The molecule has 3 atom stereocenters. The molecule has 0 radical (unpaired) electrons. The van der Waals surface area contributed by atoms with Crippen LogP contribution in [0.3, 0.4) is 0 Å². The number of nitrogens with two attached hydrogens (primary N) is 2. The number of hydrogen-bond donors (Lipinski definition) is 4. The quantitative estimate of drug-likeness (QED) is 0.263. The normalized spacial score (nSPS) is 18.0. The zero-order chi connectivity index (χ0) is 12.2.